The molecular formula is C9H9BrClF2N. The molecule has 1 atom stereocenters. The third kappa shape index (κ3) is 3.19. The second-order valence-electron chi connectivity index (χ2n) is 2.90. The normalized spacial score (nSPS) is 13.3. The van der Waals surface area contributed by atoms with Crippen LogP contribution >= 0.6 is 27.5 Å². The van der Waals surface area contributed by atoms with Crippen LogP contribution in [0.3, 0.4) is 0 Å². The Morgan fingerprint density at radius 3 is 2.64 bits per heavy atom. The summed E-state index contributed by atoms with van der Waals surface area (Å²) in [7, 11) is 0. The lowest BCUT2D eigenvalue weighted by Gasteiger charge is -2.13. The molecule has 0 fully saturated rings. The molecule has 0 aromatic heterocycles. The summed E-state index contributed by atoms with van der Waals surface area (Å²) in [5.74, 6) is 0. The molecule has 5 heteroatoms. The Hall–Kier alpha value is -0.190. The van der Waals surface area contributed by atoms with Crippen LogP contribution in [0.1, 0.15) is 18.0 Å². The first-order valence-electron chi connectivity index (χ1n) is 3.99. The van der Waals surface area contributed by atoms with Crippen molar-refractivity contribution in [2.75, 3.05) is 0 Å². The van der Waals surface area contributed by atoms with Gasteiger partial charge < -0.3 is 5.73 Å². The highest BCUT2D eigenvalue weighted by atomic mass is 79.9. The van der Waals surface area contributed by atoms with Gasteiger partial charge in [-0.25, -0.2) is 8.78 Å². The van der Waals surface area contributed by atoms with Gasteiger partial charge in [0.25, 0.3) is 0 Å². The first-order valence-corrected chi connectivity index (χ1v) is 5.16. The predicted molar refractivity (Wildman–Crippen MR) is 56.7 cm³/mol. The summed E-state index contributed by atoms with van der Waals surface area (Å²) in [6.07, 6.45) is -2.80. The molecule has 0 saturated heterocycles. The van der Waals surface area contributed by atoms with Crippen molar-refractivity contribution in [3.63, 3.8) is 0 Å². The van der Waals surface area contributed by atoms with Crippen LogP contribution in [0.5, 0.6) is 0 Å². The molecule has 0 aliphatic rings. The number of alkyl halides is 2. The van der Waals surface area contributed by atoms with Crippen molar-refractivity contribution >= 4 is 27.5 Å². The molecule has 0 heterocycles. The summed E-state index contributed by atoms with van der Waals surface area (Å²) in [5.41, 5.74) is 6.12. The number of hydrogen-bond donors (Lipinski definition) is 1. The second kappa shape index (κ2) is 5.05. The van der Waals surface area contributed by atoms with Crippen LogP contribution in [-0.4, -0.2) is 6.43 Å². The SMILES string of the molecule is N[C@H](CC(F)F)c1cc(Br)ccc1Cl. The van der Waals surface area contributed by atoms with Crippen molar-refractivity contribution in [2.45, 2.75) is 18.9 Å². The highest BCUT2D eigenvalue weighted by Gasteiger charge is 2.15. The number of halogens is 4. The van der Waals surface area contributed by atoms with Crippen LogP contribution in [0.15, 0.2) is 22.7 Å². The lowest BCUT2D eigenvalue weighted by Crippen LogP contribution is -2.14. The Kier molecular flexibility index (Phi) is 4.29. The van der Waals surface area contributed by atoms with Crippen molar-refractivity contribution < 1.29 is 8.78 Å². The van der Waals surface area contributed by atoms with Crippen molar-refractivity contribution in [1.82, 2.24) is 0 Å². The van der Waals surface area contributed by atoms with Gasteiger partial charge in [0.1, 0.15) is 0 Å². The first kappa shape index (κ1) is 11.9. The topological polar surface area (TPSA) is 26.0 Å². The predicted octanol–water partition coefficient (Wildman–Crippen LogP) is 3.76. The number of hydrogen-bond acceptors (Lipinski definition) is 1. The van der Waals surface area contributed by atoms with E-state index in [4.69, 9.17) is 17.3 Å². The van der Waals surface area contributed by atoms with E-state index in [0.717, 1.165) is 4.47 Å². The summed E-state index contributed by atoms with van der Waals surface area (Å²) in [6, 6.07) is 4.31. The van der Waals surface area contributed by atoms with Gasteiger partial charge in [-0.2, -0.15) is 0 Å². The smallest absolute Gasteiger partial charge is 0.240 e. The lowest BCUT2D eigenvalue weighted by molar-refractivity contribution is 0.128. The Bertz CT molecular complexity index is 320. The molecule has 0 saturated carbocycles. The van der Waals surface area contributed by atoms with E-state index < -0.39 is 12.5 Å². The minimum Gasteiger partial charge on any atom is -0.324 e. The molecule has 1 aromatic rings. The van der Waals surface area contributed by atoms with E-state index in [1.165, 1.54) is 0 Å². The van der Waals surface area contributed by atoms with Crippen LogP contribution in [0, 0.1) is 0 Å². The van der Waals surface area contributed by atoms with Gasteiger partial charge in [0.05, 0.1) is 0 Å². The highest BCUT2D eigenvalue weighted by Crippen LogP contribution is 2.28. The average molecular weight is 285 g/mol. The molecule has 1 rings (SSSR count). The van der Waals surface area contributed by atoms with Crippen molar-refractivity contribution in [3.05, 3.63) is 33.3 Å². The van der Waals surface area contributed by atoms with Crippen LogP contribution in [-0.2, 0) is 0 Å². The molecule has 0 bridgehead atoms. The van der Waals surface area contributed by atoms with E-state index in [2.05, 4.69) is 15.9 Å². The van der Waals surface area contributed by atoms with E-state index in [1.54, 1.807) is 18.2 Å². The molecule has 2 N–H and O–H groups in total. The zero-order valence-corrected chi connectivity index (χ0v) is 9.52. The van der Waals surface area contributed by atoms with Gasteiger partial charge in [-0.15, -0.1) is 0 Å². The Morgan fingerprint density at radius 2 is 2.07 bits per heavy atom. The van der Waals surface area contributed by atoms with Crippen molar-refractivity contribution in [1.29, 1.82) is 0 Å². The summed E-state index contributed by atoms with van der Waals surface area (Å²) < 4.78 is 24.9. The molecular weight excluding hydrogens is 275 g/mol. The third-order valence-corrected chi connectivity index (χ3v) is 2.63. The molecule has 0 spiro atoms. The molecule has 0 unspecified atom stereocenters. The van der Waals surface area contributed by atoms with Gasteiger partial charge in [0.15, 0.2) is 0 Å². The zero-order chi connectivity index (χ0) is 10.7. The summed E-state index contributed by atoms with van der Waals surface area (Å²) in [5, 5.41) is 0.418. The first-order chi connectivity index (χ1) is 6.50. The summed E-state index contributed by atoms with van der Waals surface area (Å²) >= 11 is 9.06. The zero-order valence-electron chi connectivity index (χ0n) is 7.18. The maximum atomic E-state index is 12.1. The van der Waals surface area contributed by atoms with E-state index in [0.29, 0.717) is 10.6 Å². The van der Waals surface area contributed by atoms with Gasteiger partial charge in [0, 0.05) is 22.0 Å². The summed E-state index contributed by atoms with van der Waals surface area (Å²) in [6.45, 7) is 0. The maximum Gasteiger partial charge on any atom is 0.240 e. The minimum atomic E-state index is -2.42. The Balaban J connectivity index is 2.88. The quantitative estimate of drug-likeness (QED) is 0.898. The number of nitrogens with two attached hydrogens (primary N) is 1. The van der Waals surface area contributed by atoms with Crippen LogP contribution < -0.4 is 5.73 Å². The van der Waals surface area contributed by atoms with Crippen molar-refractivity contribution in [3.8, 4) is 0 Å². The Labute approximate surface area is 94.4 Å². The van der Waals surface area contributed by atoms with Gasteiger partial charge in [0.2, 0.25) is 6.43 Å². The molecule has 1 nitrogen and oxygen atoms in total. The van der Waals surface area contributed by atoms with Gasteiger partial charge in [-0.05, 0) is 23.8 Å². The second-order valence-corrected chi connectivity index (χ2v) is 4.22. The number of rotatable bonds is 3. The third-order valence-electron chi connectivity index (χ3n) is 1.79. The lowest BCUT2D eigenvalue weighted by atomic mass is 10.1. The largest absolute Gasteiger partial charge is 0.324 e. The average Bonchev–Trinajstić information content (AvgIpc) is 2.08. The number of benzene rings is 1. The Morgan fingerprint density at radius 1 is 1.43 bits per heavy atom. The monoisotopic (exact) mass is 283 g/mol. The molecule has 0 aliphatic carbocycles. The maximum absolute atomic E-state index is 12.1. The minimum absolute atomic E-state index is 0.379. The fourth-order valence-electron chi connectivity index (χ4n) is 1.12. The van der Waals surface area contributed by atoms with E-state index >= 15 is 0 Å². The van der Waals surface area contributed by atoms with Gasteiger partial charge in [-0.3, -0.25) is 0 Å². The molecule has 0 aliphatic heterocycles. The van der Waals surface area contributed by atoms with E-state index in [-0.39, 0.29) is 6.42 Å². The molecule has 78 valence electrons. The molecule has 14 heavy (non-hydrogen) atoms. The fourth-order valence-corrected chi connectivity index (χ4v) is 1.75. The standard InChI is InChI=1S/C9H9BrClF2N/c10-5-1-2-7(11)6(3-5)8(14)4-9(12)13/h1-3,8-9H,4,14H2/t8-/m1/s1. The molecule has 0 radical (unpaired) electrons. The van der Waals surface area contributed by atoms with E-state index in [9.17, 15) is 8.78 Å². The van der Waals surface area contributed by atoms with Crippen LogP contribution in [0.25, 0.3) is 0 Å². The van der Waals surface area contributed by atoms with Crippen molar-refractivity contribution in [2.24, 2.45) is 5.73 Å². The fraction of sp³-hybridized carbons (Fsp3) is 0.333. The molecule has 0 amide bonds. The van der Waals surface area contributed by atoms with Gasteiger partial charge in [-0.1, -0.05) is 27.5 Å². The van der Waals surface area contributed by atoms with E-state index in [1.807, 2.05) is 0 Å². The highest BCUT2D eigenvalue weighted by molar-refractivity contribution is 9.10. The summed E-state index contributed by atoms with van der Waals surface area (Å²) in [4.78, 5) is 0. The molecule has 1 aromatic carbocycles. The van der Waals surface area contributed by atoms with Crippen LogP contribution in [0.2, 0.25) is 5.02 Å². The van der Waals surface area contributed by atoms with Gasteiger partial charge >= 0.3 is 0 Å². The van der Waals surface area contributed by atoms with Crippen LogP contribution in [0.4, 0.5) is 8.78 Å².